The number of carbonyl (C=O) groups excluding carboxylic acids is 1. The second-order valence-corrected chi connectivity index (χ2v) is 4.13. The van der Waals surface area contributed by atoms with E-state index in [1.165, 1.54) is 0 Å². The van der Waals surface area contributed by atoms with Gasteiger partial charge in [-0.15, -0.1) is 6.42 Å². The Morgan fingerprint density at radius 3 is 2.89 bits per heavy atom. The highest BCUT2D eigenvalue weighted by Gasteiger charge is 2.11. The molecule has 1 amide bonds. The molecule has 0 aliphatic carbocycles. The van der Waals surface area contributed by atoms with E-state index in [-0.39, 0.29) is 18.1 Å². The van der Waals surface area contributed by atoms with Crippen LogP contribution in [-0.4, -0.2) is 28.5 Å². The summed E-state index contributed by atoms with van der Waals surface area (Å²) in [7, 11) is 0. The average Bonchev–Trinajstić information content (AvgIpc) is 2.75. The maximum atomic E-state index is 11.6. The summed E-state index contributed by atoms with van der Waals surface area (Å²) in [5.41, 5.74) is 1.89. The maximum absolute atomic E-state index is 11.6. The van der Waals surface area contributed by atoms with Crippen LogP contribution in [0.4, 0.5) is 5.69 Å². The lowest BCUT2D eigenvalue weighted by atomic mass is 10.2. The number of terminal acetylenes is 1. The Morgan fingerprint density at radius 2 is 2.16 bits per heavy atom. The van der Waals surface area contributed by atoms with E-state index in [1.54, 1.807) is 25.1 Å². The van der Waals surface area contributed by atoms with Crippen molar-refractivity contribution in [1.82, 2.24) is 15.3 Å². The fourth-order valence-corrected chi connectivity index (χ4v) is 1.73. The molecule has 1 aromatic carbocycles. The number of aromatic nitrogens is 2. The molecule has 2 rings (SSSR count). The highest BCUT2D eigenvalue weighted by Crippen LogP contribution is 2.15. The van der Waals surface area contributed by atoms with Gasteiger partial charge in [0, 0.05) is 5.69 Å². The number of hydrogen-bond donors (Lipinski definition) is 4. The lowest BCUT2D eigenvalue weighted by Gasteiger charge is -2.14. The number of anilines is 1. The number of rotatable bonds is 4. The van der Waals surface area contributed by atoms with Gasteiger partial charge in [-0.3, -0.25) is 4.79 Å². The fourth-order valence-electron chi connectivity index (χ4n) is 1.73. The number of fused-ring (bicyclic) bond motifs is 1. The third-order valence-electron chi connectivity index (χ3n) is 2.66. The van der Waals surface area contributed by atoms with E-state index < -0.39 is 6.04 Å². The molecule has 4 N–H and O–H groups in total. The number of amides is 1. The molecular formula is C13H14N4O2. The van der Waals surface area contributed by atoms with Gasteiger partial charge in [0.2, 0.25) is 5.91 Å². The van der Waals surface area contributed by atoms with Gasteiger partial charge in [0.1, 0.15) is 6.04 Å². The maximum Gasteiger partial charge on any atom is 0.323 e. The van der Waals surface area contributed by atoms with Crippen molar-refractivity contribution in [2.24, 2.45) is 0 Å². The van der Waals surface area contributed by atoms with Crippen molar-refractivity contribution in [3.63, 3.8) is 0 Å². The second kappa shape index (κ2) is 5.31. The third-order valence-corrected chi connectivity index (χ3v) is 2.66. The molecule has 98 valence electrons. The number of benzene rings is 1. The molecule has 6 heteroatoms. The van der Waals surface area contributed by atoms with Crippen LogP contribution in [0.25, 0.3) is 11.0 Å². The van der Waals surface area contributed by atoms with E-state index in [9.17, 15) is 9.59 Å². The molecule has 1 heterocycles. The standard InChI is InChI=1S/C13H14N4O2/c1-3-6-14-12(18)8(2)15-9-4-5-10-11(7-9)17-13(19)16-10/h1,4-5,7-8,15H,6H2,2H3,(H,14,18)(H2,16,17,19). The monoisotopic (exact) mass is 258 g/mol. The highest BCUT2D eigenvalue weighted by atomic mass is 16.2. The molecule has 0 saturated heterocycles. The molecule has 1 unspecified atom stereocenters. The van der Waals surface area contributed by atoms with Gasteiger partial charge < -0.3 is 20.6 Å². The van der Waals surface area contributed by atoms with E-state index in [1.807, 2.05) is 0 Å². The molecule has 0 spiro atoms. The topological polar surface area (TPSA) is 89.8 Å². The van der Waals surface area contributed by atoms with E-state index in [0.29, 0.717) is 5.52 Å². The van der Waals surface area contributed by atoms with Gasteiger partial charge in [-0.05, 0) is 25.1 Å². The molecule has 2 aromatic rings. The minimum Gasteiger partial charge on any atom is -0.374 e. The number of aromatic amines is 2. The van der Waals surface area contributed by atoms with Gasteiger partial charge >= 0.3 is 5.69 Å². The summed E-state index contributed by atoms with van der Waals surface area (Å²) in [4.78, 5) is 28.1. The molecule has 0 bridgehead atoms. The molecule has 1 aromatic heterocycles. The summed E-state index contributed by atoms with van der Waals surface area (Å²) >= 11 is 0. The van der Waals surface area contributed by atoms with E-state index in [4.69, 9.17) is 6.42 Å². The molecule has 0 aliphatic heterocycles. The number of carbonyl (C=O) groups is 1. The van der Waals surface area contributed by atoms with Crippen LogP contribution in [0.5, 0.6) is 0 Å². The first-order valence-electron chi connectivity index (χ1n) is 5.80. The molecular weight excluding hydrogens is 244 g/mol. The summed E-state index contributed by atoms with van der Waals surface area (Å²) < 4.78 is 0. The molecule has 6 nitrogen and oxygen atoms in total. The molecule has 0 aliphatic rings. The van der Waals surface area contributed by atoms with Gasteiger partial charge in [0.05, 0.1) is 17.6 Å². The van der Waals surface area contributed by atoms with Crippen LogP contribution in [0.2, 0.25) is 0 Å². The Hall–Kier alpha value is -2.68. The fraction of sp³-hybridized carbons (Fsp3) is 0.231. The van der Waals surface area contributed by atoms with Gasteiger partial charge in [0.15, 0.2) is 0 Å². The average molecular weight is 258 g/mol. The van der Waals surface area contributed by atoms with Crippen molar-refractivity contribution >= 4 is 22.6 Å². The normalized spacial score (nSPS) is 11.8. The summed E-state index contributed by atoms with van der Waals surface area (Å²) in [5.74, 6) is 2.16. The van der Waals surface area contributed by atoms with Gasteiger partial charge in [-0.2, -0.15) is 0 Å². The molecule has 1 atom stereocenters. The molecule has 0 radical (unpaired) electrons. The van der Waals surface area contributed by atoms with E-state index in [2.05, 4.69) is 26.5 Å². The Kier molecular flexibility index (Phi) is 3.57. The zero-order valence-electron chi connectivity index (χ0n) is 10.4. The van der Waals surface area contributed by atoms with Gasteiger partial charge in [0.25, 0.3) is 0 Å². The number of H-pyrrole nitrogens is 2. The van der Waals surface area contributed by atoms with Crippen LogP contribution in [-0.2, 0) is 4.79 Å². The summed E-state index contributed by atoms with van der Waals surface area (Å²) in [6, 6.07) is 4.90. The van der Waals surface area contributed by atoms with Crippen molar-refractivity contribution in [2.75, 3.05) is 11.9 Å². The summed E-state index contributed by atoms with van der Waals surface area (Å²) in [5, 5.41) is 5.63. The van der Waals surface area contributed by atoms with Crippen molar-refractivity contribution in [3.05, 3.63) is 28.7 Å². The number of hydrogen-bond acceptors (Lipinski definition) is 3. The van der Waals surface area contributed by atoms with Crippen LogP contribution < -0.4 is 16.3 Å². The van der Waals surface area contributed by atoms with Crippen LogP contribution in [0, 0.1) is 12.3 Å². The Bertz CT molecular complexity index is 692. The smallest absolute Gasteiger partial charge is 0.323 e. The van der Waals surface area contributed by atoms with Gasteiger partial charge in [-0.25, -0.2) is 4.79 Å². The summed E-state index contributed by atoms with van der Waals surface area (Å²) in [6.07, 6.45) is 5.07. The lowest BCUT2D eigenvalue weighted by Crippen LogP contribution is -2.37. The van der Waals surface area contributed by atoms with Crippen LogP contribution in [0.15, 0.2) is 23.0 Å². The van der Waals surface area contributed by atoms with Crippen molar-refractivity contribution in [1.29, 1.82) is 0 Å². The Morgan fingerprint density at radius 1 is 1.42 bits per heavy atom. The molecule has 19 heavy (non-hydrogen) atoms. The predicted molar refractivity (Wildman–Crippen MR) is 73.8 cm³/mol. The largest absolute Gasteiger partial charge is 0.374 e. The molecule has 0 saturated carbocycles. The summed E-state index contributed by atoms with van der Waals surface area (Å²) in [6.45, 7) is 1.94. The van der Waals surface area contributed by atoms with Crippen LogP contribution in [0.3, 0.4) is 0 Å². The minimum atomic E-state index is -0.420. The third kappa shape index (κ3) is 2.96. The molecule has 0 fully saturated rings. The Balaban J connectivity index is 2.10. The first-order valence-corrected chi connectivity index (χ1v) is 5.80. The second-order valence-electron chi connectivity index (χ2n) is 4.13. The minimum absolute atomic E-state index is 0.180. The van der Waals surface area contributed by atoms with Crippen molar-refractivity contribution in [3.8, 4) is 12.3 Å². The Labute approximate surface area is 109 Å². The van der Waals surface area contributed by atoms with Crippen LogP contribution >= 0.6 is 0 Å². The zero-order chi connectivity index (χ0) is 13.8. The SMILES string of the molecule is C#CCNC(=O)C(C)Nc1ccc2[nH]c(=O)[nH]c2c1. The van der Waals surface area contributed by atoms with E-state index in [0.717, 1.165) is 11.2 Å². The van der Waals surface area contributed by atoms with Crippen LogP contribution in [0.1, 0.15) is 6.92 Å². The highest BCUT2D eigenvalue weighted by molar-refractivity contribution is 5.85. The lowest BCUT2D eigenvalue weighted by molar-refractivity contribution is -0.121. The predicted octanol–water partition coefficient (Wildman–Crippen LogP) is 0.406. The first-order chi connectivity index (χ1) is 9.10. The van der Waals surface area contributed by atoms with Gasteiger partial charge in [-0.1, -0.05) is 5.92 Å². The van der Waals surface area contributed by atoms with Crippen molar-refractivity contribution in [2.45, 2.75) is 13.0 Å². The number of imidazole rings is 1. The quantitative estimate of drug-likeness (QED) is 0.599. The van der Waals surface area contributed by atoms with Crippen molar-refractivity contribution < 1.29 is 4.79 Å². The zero-order valence-corrected chi connectivity index (χ0v) is 10.4. The number of nitrogens with one attached hydrogen (secondary N) is 4. The van der Waals surface area contributed by atoms with E-state index >= 15 is 0 Å². The first kappa shape index (κ1) is 12.8.